The molecule has 0 unspecified atom stereocenters. The Balaban J connectivity index is 1.79. The maximum Gasteiger partial charge on any atom is 0.335 e. The van der Waals surface area contributed by atoms with E-state index in [1.54, 1.807) is 30.3 Å². The molecule has 2 aromatic heterocycles. The molecule has 0 fully saturated rings. The number of aromatic nitrogens is 4. The van der Waals surface area contributed by atoms with E-state index < -0.39 is 5.97 Å². The monoisotopic (exact) mass is 376 g/mol. The molecule has 0 atom stereocenters. The number of nitrogens with one attached hydrogen (secondary N) is 2. The minimum Gasteiger partial charge on any atom is -0.493 e. The third-order valence-electron chi connectivity index (χ3n) is 4.29. The fourth-order valence-corrected chi connectivity index (χ4v) is 2.95. The summed E-state index contributed by atoms with van der Waals surface area (Å²) in [5, 5.41) is 9.06. The highest BCUT2D eigenvalue weighted by atomic mass is 16.5. The van der Waals surface area contributed by atoms with Crippen LogP contribution in [0.3, 0.4) is 0 Å². The van der Waals surface area contributed by atoms with Crippen molar-refractivity contribution in [2.45, 2.75) is 6.92 Å². The number of aromatic carboxylic acids is 1. The number of hydrogen-bond donors (Lipinski definition) is 3. The minimum absolute atomic E-state index is 0.215. The van der Waals surface area contributed by atoms with E-state index in [0.717, 1.165) is 11.1 Å². The number of hydrogen-bond acceptors (Lipinski definition) is 5. The Morgan fingerprint density at radius 2 is 1.89 bits per heavy atom. The first kappa shape index (κ1) is 17.5. The van der Waals surface area contributed by atoms with Gasteiger partial charge in [0.2, 0.25) is 0 Å². The van der Waals surface area contributed by atoms with Gasteiger partial charge in [-0.05, 0) is 36.8 Å². The van der Waals surface area contributed by atoms with Crippen molar-refractivity contribution in [1.82, 2.24) is 19.9 Å². The summed E-state index contributed by atoms with van der Waals surface area (Å²) in [6.45, 7) is 2.33. The number of imidazole rings is 1. The van der Waals surface area contributed by atoms with Crippen molar-refractivity contribution < 1.29 is 14.6 Å². The molecule has 0 saturated carbocycles. The molecular formula is C20H16N4O4. The number of H-pyrrole nitrogens is 2. The average Bonchev–Trinajstić information content (AvgIpc) is 3.18. The molecule has 3 N–H and O–H groups in total. The highest BCUT2D eigenvalue weighted by molar-refractivity contribution is 5.88. The molecule has 28 heavy (non-hydrogen) atoms. The van der Waals surface area contributed by atoms with Crippen molar-refractivity contribution in [3.63, 3.8) is 0 Å². The molecule has 2 aromatic carbocycles. The summed E-state index contributed by atoms with van der Waals surface area (Å²) in [5.74, 6) is 0.0156. The number of aromatic amines is 2. The molecular weight excluding hydrogens is 360 g/mol. The number of carboxylic acid groups (broad SMARTS) is 1. The summed E-state index contributed by atoms with van der Waals surface area (Å²) >= 11 is 0. The van der Waals surface area contributed by atoms with Crippen LogP contribution in [-0.4, -0.2) is 37.6 Å². The van der Waals surface area contributed by atoms with Crippen molar-refractivity contribution in [2.24, 2.45) is 0 Å². The van der Waals surface area contributed by atoms with E-state index in [2.05, 4.69) is 19.9 Å². The standard InChI is InChI=1S/C20H16N4O4/c1-2-28-15-9-13(17-23-18-16(19(25)24-17)21-10-22-18)7-8-14(15)11-3-5-12(6-4-11)20(26)27/h3-10H,2H2,1H3,(H,26,27)(H2,21,22,23,24,25). The number of rotatable bonds is 5. The van der Waals surface area contributed by atoms with Gasteiger partial charge in [0.05, 0.1) is 18.5 Å². The quantitative estimate of drug-likeness (QED) is 0.492. The molecule has 0 bridgehead atoms. The molecule has 140 valence electrons. The Morgan fingerprint density at radius 1 is 1.14 bits per heavy atom. The Kier molecular flexibility index (Phi) is 4.36. The van der Waals surface area contributed by atoms with Crippen LogP contribution in [0, 0.1) is 0 Å². The first-order valence-corrected chi connectivity index (χ1v) is 8.61. The highest BCUT2D eigenvalue weighted by Crippen LogP contribution is 2.33. The van der Waals surface area contributed by atoms with Crippen LogP contribution < -0.4 is 10.3 Å². The fourth-order valence-electron chi connectivity index (χ4n) is 2.95. The maximum absolute atomic E-state index is 12.2. The second-order valence-electron chi connectivity index (χ2n) is 6.04. The summed E-state index contributed by atoms with van der Waals surface area (Å²) in [7, 11) is 0. The Bertz CT molecular complexity index is 1230. The maximum atomic E-state index is 12.2. The van der Waals surface area contributed by atoms with Gasteiger partial charge in [-0.1, -0.05) is 18.2 Å². The van der Waals surface area contributed by atoms with Crippen LogP contribution in [-0.2, 0) is 0 Å². The second kappa shape index (κ2) is 6.99. The topological polar surface area (TPSA) is 121 Å². The fraction of sp³-hybridized carbons (Fsp3) is 0.100. The molecule has 0 amide bonds. The molecule has 0 aliphatic heterocycles. The van der Waals surface area contributed by atoms with Gasteiger partial charge in [0.1, 0.15) is 11.6 Å². The number of ether oxygens (including phenoxy) is 1. The van der Waals surface area contributed by atoms with Crippen molar-refractivity contribution in [2.75, 3.05) is 6.61 Å². The summed E-state index contributed by atoms with van der Waals surface area (Å²) in [6.07, 6.45) is 1.42. The molecule has 0 saturated heterocycles. The lowest BCUT2D eigenvalue weighted by Crippen LogP contribution is -2.09. The van der Waals surface area contributed by atoms with Gasteiger partial charge in [0.15, 0.2) is 11.2 Å². The van der Waals surface area contributed by atoms with Gasteiger partial charge < -0.3 is 19.8 Å². The van der Waals surface area contributed by atoms with E-state index in [4.69, 9.17) is 9.84 Å². The lowest BCUT2D eigenvalue weighted by atomic mass is 10.0. The Labute approximate surface area is 158 Å². The van der Waals surface area contributed by atoms with Crippen molar-refractivity contribution in [1.29, 1.82) is 0 Å². The van der Waals surface area contributed by atoms with Gasteiger partial charge in [-0.15, -0.1) is 0 Å². The first-order chi connectivity index (χ1) is 13.6. The molecule has 4 rings (SSSR count). The molecule has 0 aliphatic carbocycles. The zero-order chi connectivity index (χ0) is 19.7. The highest BCUT2D eigenvalue weighted by Gasteiger charge is 2.13. The molecule has 2 heterocycles. The van der Waals surface area contributed by atoms with Gasteiger partial charge in [-0.2, -0.15) is 0 Å². The van der Waals surface area contributed by atoms with Crippen LogP contribution in [0.4, 0.5) is 0 Å². The van der Waals surface area contributed by atoms with E-state index in [0.29, 0.717) is 34.9 Å². The molecule has 4 aromatic rings. The lowest BCUT2D eigenvalue weighted by molar-refractivity contribution is 0.0697. The Morgan fingerprint density at radius 3 is 2.61 bits per heavy atom. The number of carboxylic acids is 1. The number of nitrogens with zero attached hydrogens (tertiary/aromatic N) is 2. The Hall–Kier alpha value is -3.94. The van der Waals surface area contributed by atoms with Crippen LogP contribution in [0.25, 0.3) is 33.7 Å². The summed E-state index contributed by atoms with van der Waals surface area (Å²) < 4.78 is 5.78. The molecule has 8 nitrogen and oxygen atoms in total. The van der Waals surface area contributed by atoms with Crippen LogP contribution in [0.2, 0.25) is 0 Å². The van der Waals surface area contributed by atoms with E-state index in [9.17, 15) is 9.59 Å². The van der Waals surface area contributed by atoms with E-state index in [-0.39, 0.29) is 11.1 Å². The van der Waals surface area contributed by atoms with Crippen molar-refractivity contribution in [3.8, 4) is 28.3 Å². The molecule has 0 aliphatic rings. The van der Waals surface area contributed by atoms with Gasteiger partial charge >= 0.3 is 5.97 Å². The molecule has 0 spiro atoms. The van der Waals surface area contributed by atoms with Gasteiger partial charge in [-0.3, -0.25) is 4.79 Å². The number of carbonyl (C=O) groups is 1. The molecule has 0 radical (unpaired) electrons. The zero-order valence-corrected chi connectivity index (χ0v) is 14.9. The third kappa shape index (κ3) is 3.11. The largest absolute Gasteiger partial charge is 0.493 e. The minimum atomic E-state index is -0.976. The smallest absolute Gasteiger partial charge is 0.335 e. The summed E-state index contributed by atoms with van der Waals surface area (Å²) in [6, 6.07) is 12.0. The summed E-state index contributed by atoms with van der Waals surface area (Å²) in [4.78, 5) is 37.2. The van der Waals surface area contributed by atoms with Gasteiger partial charge in [0.25, 0.3) is 5.56 Å². The van der Waals surface area contributed by atoms with Crippen LogP contribution in [0.5, 0.6) is 5.75 Å². The van der Waals surface area contributed by atoms with Crippen LogP contribution >= 0.6 is 0 Å². The third-order valence-corrected chi connectivity index (χ3v) is 4.29. The van der Waals surface area contributed by atoms with Gasteiger partial charge in [-0.25, -0.2) is 14.8 Å². The number of benzene rings is 2. The first-order valence-electron chi connectivity index (χ1n) is 8.61. The van der Waals surface area contributed by atoms with Crippen LogP contribution in [0.1, 0.15) is 17.3 Å². The predicted molar refractivity (Wildman–Crippen MR) is 104 cm³/mol. The second-order valence-corrected chi connectivity index (χ2v) is 6.04. The average molecular weight is 376 g/mol. The molecule has 8 heteroatoms. The van der Waals surface area contributed by atoms with E-state index in [1.807, 2.05) is 19.1 Å². The van der Waals surface area contributed by atoms with Crippen LogP contribution in [0.15, 0.2) is 53.6 Å². The number of fused-ring (bicyclic) bond motifs is 1. The van der Waals surface area contributed by atoms with Crippen molar-refractivity contribution in [3.05, 3.63) is 64.7 Å². The predicted octanol–water partition coefficient (Wildman–Crippen LogP) is 3.08. The normalized spacial score (nSPS) is 10.9. The van der Waals surface area contributed by atoms with E-state index >= 15 is 0 Å². The van der Waals surface area contributed by atoms with Gasteiger partial charge in [0, 0.05) is 11.1 Å². The SMILES string of the molecule is CCOc1cc(-c2nc3nc[nH]c3c(=O)[nH]2)ccc1-c1ccc(C(=O)O)cc1. The lowest BCUT2D eigenvalue weighted by Gasteiger charge is -2.12. The van der Waals surface area contributed by atoms with Crippen molar-refractivity contribution >= 4 is 17.1 Å². The zero-order valence-electron chi connectivity index (χ0n) is 14.9. The summed E-state index contributed by atoms with van der Waals surface area (Å²) in [5.41, 5.74) is 2.89. The van der Waals surface area contributed by atoms with E-state index in [1.165, 1.54) is 6.33 Å².